The Balaban J connectivity index is 1.93. The van der Waals surface area contributed by atoms with Crippen LogP contribution in [0.25, 0.3) is 0 Å². The normalized spacial score (nSPS) is 22.5. The largest absolute Gasteiger partial charge is 0.354 e. The van der Waals surface area contributed by atoms with Crippen LogP contribution in [0, 0.1) is 6.92 Å². The van der Waals surface area contributed by atoms with Crippen molar-refractivity contribution in [2.75, 3.05) is 6.54 Å². The highest BCUT2D eigenvalue weighted by molar-refractivity contribution is 9.10. The lowest BCUT2D eigenvalue weighted by Crippen LogP contribution is -2.45. The minimum Gasteiger partial charge on any atom is -0.354 e. The highest BCUT2D eigenvalue weighted by Gasteiger charge is 2.37. The Labute approximate surface area is 126 Å². The van der Waals surface area contributed by atoms with E-state index in [9.17, 15) is 9.59 Å². The predicted octanol–water partition coefficient (Wildman–Crippen LogP) is 2.38. The first-order chi connectivity index (χ1) is 9.59. The van der Waals surface area contributed by atoms with Gasteiger partial charge >= 0.3 is 0 Å². The number of rotatable bonds is 1. The number of amides is 2. The van der Waals surface area contributed by atoms with Crippen LogP contribution in [0.2, 0.25) is 0 Å². The van der Waals surface area contributed by atoms with Gasteiger partial charge in [-0.3, -0.25) is 9.59 Å². The summed E-state index contributed by atoms with van der Waals surface area (Å²) in [5, 5.41) is 2.90. The summed E-state index contributed by atoms with van der Waals surface area (Å²) in [6.45, 7) is 3.26. The second-order valence-electron chi connectivity index (χ2n) is 5.43. The Morgan fingerprint density at radius 3 is 2.90 bits per heavy atom. The van der Waals surface area contributed by atoms with Crippen molar-refractivity contribution >= 4 is 27.7 Å². The summed E-state index contributed by atoms with van der Waals surface area (Å²) in [5.74, 6) is -0.0296. The third kappa shape index (κ3) is 2.14. The summed E-state index contributed by atoms with van der Waals surface area (Å²) in [4.78, 5) is 26.4. The van der Waals surface area contributed by atoms with Crippen LogP contribution in [-0.4, -0.2) is 29.3 Å². The zero-order valence-electron chi connectivity index (χ0n) is 11.4. The first-order valence-electron chi connectivity index (χ1n) is 6.96. The van der Waals surface area contributed by atoms with Gasteiger partial charge in [0, 0.05) is 23.1 Å². The number of benzene rings is 1. The van der Waals surface area contributed by atoms with Gasteiger partial charge in [0.25, 0.3) is 5.91 Å². The molecule has 2 aliphatic rings. The molecule has 0 spiro atoms. The molecule has 1 aromatic carbocycles. The van der Waals surface area contributed by atoms with Gasteiger partial charge in [0.1, 0.15) is 6.04 Å². The van der Waals surface area contributed by atoms with Crippen molar-refractivity contribution in [3.05, 3.63) is 33.3 Å². The number of nitrogens with zero attached hydrogens (tertiary/aromatic N) is 1. The molecular formula is C15H17BrN2O2. The van der Waals surface area contributed by atoms with Crippen molar-refractivity contribution in [1.29, 1.82) is 0 Å². The second-order valence-corrected chi connectivity index (χ2v) is 6.29. The monoisotopic (exact) mass is 336 g/mol. The van der Waals surface area contributed by atoms with E-state index in [1.165, 1.54) is 0 Å². The summed E-state index contributed by atoms with van der Waals surface area (Å²) in [7, 11) is 0. The number of carbonyl (C=O) groups is 2. The molecule has 0 saturated carbocycles. The number of hydrogen-bond acceptors (Lipinski definition) is 2. The van der Waals surface area contributed by atoms with Crippen molar-refractivity contribution in [2.45, 2.75) is 38.8 Å². The van der Waals surface area contributed by atoms with E-state index in [1.54, 1.807) is 4.90 Å². The molecule has 20 heavy (non-hydrogen) atoms. The molecule has 0 aliphatic carbocycles. The molecule has 1 atom stereocenters. The van der Waals surface area contributed by atoms with Crippen LogP contribution >= 0.6 is 15.9 Å². The van der Waals surface area contributed by atoms with Crippen molar-refractivity contribution in [2.24, 2.45) is 0 Å². The molecule has 2 heterocycles. The standard InChI is InChI=1S/C15H17BrN2O2/c1-9-11-8-18(13-4-2-3-7-17-14(13)19)15(20)10(11)5-6-12(9)16/h5-6,13H,2-4,7-8H2,1H3,(H,17,19). The third-order valence-corrected chi connectivity index (χ3v) is 5.09. The van der Waals surface area contributed by atoms with Gasteiger partial charge in [-0.2, -0.15) is 0 Å². The quantitative estimate of drug-likeness (QED) is 0.855. The summed E-state index contributed by atoms with van der Waals surface area (Å²) in [6.07, 6.45) is 2.72. The van der Waals surface area contributed by atoms with Crippen molar-refractivity contribution in [3.63, 3.8) is 0 Å². The molecule has 0 aromatic heterocycles. The predicted molar refractivity (Wildman–Crippen MR) is 79.4 cm³/mol. The molecule has 5 heteroatoms. The molecule has 1 fully saturated rings. The molecule has 1 unspecified atom stereocenters. The minimum atomic E-state index is -0.324. The summed E-state index contributed by atoms with van der Waals surface area (Å²) in [5.41, 5.74) is 2.87. The van der Waals surface area contributed by atoms with Crippen LogP contribution in [-0.2, 0) is 11.3 Å². The number of carbonyl (C=O) groups excluding carboxylic acids is 2. The van der Waals surface area contributed by atoms with Crippen molar-refractivity contribution < 1.29 is 9.59 Å². The van der Waals surface area contributed by atoms with E-state index in [4.69, 9.17) is 0 Å². The molecule has 3 rings (SSSR count). The number of hydrogen-bond donors (Lipinski definition) is 1. The van der Waals surface area contributed by atoms with Gasteiger partial charge < -0.3 is 10.2 Å². The van der Waals surface area contributed by atoms with Gasteiger partial charge in [-0.1, -0.05) is 15.9 Å². The molecule has 2 amide bonds. The van der Waals surface area contributed by atoms with Crippen molar-refractivity contribution in [1.82, 2.24) is 10.2 Å². The maximum Gasteiger partial charge on any atom is 0.255 e. The summed E-state index contributed by atoms with van der Waals surface area (Å²) in [6, 6.07) is 3.43. The molecule has 1 saturated heterocycles. The van der Waals surface area contributed by atoms with E-state index in [-0.39, 0.29) is 17.9 Å². The molecule has 0 radical (unpaired) electrons. The molecular weight excluding hydrogens is 320 g/mol. The summed E-state index contributed by atoms with van der Waals surface area (Å²) >= 11 is 3.50. The lowest BCUT2D eigenvalue weighted by molar-refractivity contribution is -0.125. The number of halogens is 1. The molecule has 4 nitrogen and oxygen atoms in total. The Morgan fingerprint density at radius 1 is 1.30 bits per heavy atom. The Morgan fingerprint density at radius 2 is 2.10 bits per heavy atom. The first kappa shape index (κ1) is 13.6. The lowest BCUT2D eigenvalue weighted by Gasteiger charge is -2.25. The highest BCUT2D eigenvalue weighted by Crippen LogP contribution is 2.32. The Kier molecular flexibility index (Phi) is 3.54. The smallest absolute Gasteiger partial charge is 0.255 e. The Hall–Kier alpha value is -1.36. The highest BCUT2D eigenvalue weighted by atomic mass is 79.9. The first-order valence-corrected chi connectivity index (χ1v) is 7.75. The summed E-state index contributed by atoms with van der Waals surface area (Å²) < 4.78 is 1.01. The zero-order valence-corrected chi connectivity index (χ0v) is 13.0. The fourth-order valence-corrected chi connectivity index (χ4v) is 3.37. The van der Waals surface area contributed by atoms with E-state index >= 15 is 0 Å². The van der Waals surface area contributed by atoms with E-state index in [1.807, 2.05) is 19.1 Å². The van der Waals surface area contributed by atoms with Crippen LogP contribution in [0.3, 0.4) is 0 Å². The second kappa shape index (κ2) is 5.20. The third-order valence-electron chi connectivity index (χ3n) is 4.23. The fourth-order valence-electron chi connectivity index (χ4n) is 3.00. The van der Waals surface area contributed by atoms with Gasteiger partial charge in [0.2, 0.25) is 5.91 Å². The van der Waals surface area contributed by atoms with Crippen LogP contribution in [0.15, 0.2) is 16.6 Å². The Bertz CT molecular complexity index is 585. The minimum absolute atomic E-state index is 0.0135. The van der Waals surface area contributed by atoms with Gasteiger partial charge in [-0.05, 0) is 49.4 Å². The van der Waals surface area contributed by atoms with Crippen LogP contribution in [0.4, 0.5) is 0 Å². The van der Waals surface area contributed by atoms with Crippen molar-refractivity contribution in [3.8, 4) is 0 Å². The van der Waals surface area contributed by atoms with Gasteiger partial charge in [0.15, 0.2) is 0 Å². The zero-order chi connectivity index (χ0) is 14.3. The maximum atomic E-state index is 12.5. The van der Waals surface area contributed by atoms with Crippen LogP contribution in [0.1, 0.15) is 40.7 Å². The van der Waals surface area contributed by atoms with E-state index < -0.39 is 0 Å². The maximum absolute atomic E-state index is 12.5. The average molecular weight is 337 g/mol. The fraction of sp³-hybridized carbons (Fsp3) is 0.467. The molecule has 106 valence electrons. The van der Waals surface area contributed by atoms with E-state index in [0.29, 0.717) is 6.54 Å². The SMILES string of the molecule is Cc1c(Br)ccc2c1CN(C1CCCCNC1=O)C2=O. The molecule has 2 aliphatic heterocycles. The molecule has 1 N–H and O–H groups in total. The molecule has 1 aromatic rings. The topological polar surface area (TPSA) is 49.4 Å². The van der Waals surface area contributed by atoms with Crippen LogP contribution < -0.4 is 5.32 Å². The van der Waals surface area contributed by atoms with E-state index in [0.717, 1.165) is 47.0 Å². The lowest BCUT2D eigenvalue weighted by atomic mass is 10.0. The van der Waals surface area contributed by atoms with Crippen LogP contribution in [0.5, 0.6) is 0 Å². The molecule has 0 bridgehead atoms. The van der Waals surface area contributed by atoms with Gasteiger partial charge in [0.05, 0.1) is 0 Å². The van der Waals surface area contributed by atoms with E-state index in [2.05, 4.69) is 21.2 Å². The number of fused-ring (bicyclic) bond motifs is 1. The van der Waals surface area contributed by atoms with Gasteiger partial charge in [-0.15, -0.1) is 0 Å². The average Bonchev–Trinajstić information content (AvgIpc) is 2.61. The number of nitrogens with one attached hydrogen (secondary N) is 1. The van der Waals surface area contributed by atoms with Gasteiger partial charge in [-0.25, -0.2) is 0 Å².